The van der Waals surface area contributed by atoms with Crippen LogP contribution in [0.4, 0.5) is 4.39 Å². The average molecular weight is 345 g/mol. The number of nitrogens with zero attached hydrogens (tertiary/aromatic N) is 1. The van der Waals surface area contributed by atoms with Gasteiger partial charge in [0.05, 0.1) is 16.0 Å². The summed E-state index contributed by atoms with van der Waals surface area (Å²) >= 11 is 3.25. The normalized spacial score (nSPS) is 12.5. The molecule has 0 aliphatic carbocycles. The van der Waals surface area contributed by atoms with Crippen molar-refractivity contribution in [1.82, 2.24) is 10.3 Å². The minimum Gasteiger partial charge on any atom is -0.309 e. The first kappa shape index (κ1) is 14.2. The molecule has 3 rings (SSSR count). The second-order valence-electron chi connectivity index (χ2n) is 4.81. The predicted octanol–water partition coefficient (Wildman–Crippen LogP) is 4.45. The van der Waals surface area contributed by atoms with Gasteiger partial charge >= 0.3 is 0 Å². The van der Waals surface area contributed by atoms with Gasteiger partial charge < -0.3 is 5.32 Å². The summed E-state index contributed by atoms with van der Waals surface area (Å²) in [7, 11) is 1.90. The molecule has 0 aliphatic heterocycles. The van der Waals surface area contributed by atoms with E-state index in [0.717, 1.165) is 22.0 Å². The first-order valence-electron chi connectivity index (χ1n) is 6.66. The second kappa shape index (κ2) is 5.92. The summed E-state index contributed by atoms with van der Waals surface area (Å²) in [5, 5.41) is 4.40. The number of rotatable bonds is 3. The molecule has 1 atom stereocenters. The zero-order valence-electron chi connectivity index (χ0n) is 11.5. The van der Waals surface area contributed by atoms with Crippen molar-refractivity contribution in [2.75, 3.05) is 7.05 Å². The summed E-state index contributed by atoms with van der Waals surface area (Å²) in [4.78, 5) is 4.39. The maximum atomic E-state index is 13.4. The Bertz CT molecular complexity index is 783. The van der Waals surface area contributed by atoms with Gasteiger partial charge in [-0.2, -0.15) is 0 Å². The van der Waals surface area contributed by atoms with E-state index in [0.29, 0.717) is 4.47 Å². The minimum atomic E-state index is -0.256. The smallest absolute Gasteiger partial charge is 0.137 e. The lowest BCUT2D eigenvalue weighted by atomic mass is 9.95. The number of nitrogens with one attached hydrogen (secondary N) is 1. The Balaban J connectivity index is 2.16. The van der Waals surface area contributed by atoms with Crippen molar-refractivity contribution in [3.8, 4) is 0 Å². The number of aromatic nitrogens is 1. The number of benzene rings is 2. The van der Waals surface area contributed by atoms with Crippen LogP contribution in [0.2, 0.25) is 0 Å². The fourth-order valence-corrected chi connectivity index (χ4v) is 2.97. The topological polar surface area (TPSA) is 24.9 Å². The van der Waals surface area contributed by atoms with Crippen molar-refractivity contribution in [2.24, 2.45) is 0 Å². The maximum absolute atomic E-state index is 13.4. The predicted molar refractivity (Wildman–Crippen MR) is 86.7 cm³/mol. The molecule has 0 bridgehead atoms. The molecule has 0 aliphatic rings. The van der Waals surface area contributed by atoms with Gasteiger partial charge in [0.2, 0.25) is 0 Å². The van der Waals surface area contributed by atoms with Crippen LogP contribution >= 0.6 is 15.9 Å². The first-order valence-corrected chi connectivity index (χ1v) is 7.46. The van der Waals surface area contributed by atoms with Crippen LogP contribution in [0.15, 0.2) is 59.2 Å². The van der Waals surface area contributed by atoms with Crippen molar-refractivity contribution < 1.29 is 4.39 Å². The lowest BCUT2D eigenvalue weighted by molar-refractivity contribution is 0.617. The third-order valence-corrected chi connectivity index (χ3v) is 4.16. The van der Waals surface area contributed by atoms with Crippen LogP contribution in [0.1, 0.15) is 17.2 Å². The molecular weight excluding hydrogens is 331 g/mol. The standard InChI is InChI=1S/C17H14BrFN2/c1-20-17(11-7-8-15(19)14(18)10-11)13-4-2-6-16-12(13)5-3-9-21-16/h2-10,17,20H,1H3. The molecule has 1 aromatic heterocycles. The van der Waals surface area contributed by atoms with Gasteiger partial charge in [0.25, 0.3) is 0 Å². The Morgan fingerprint density at radius 3 is 2.76 bits per heavy atom. The Kier molecular flexibility index (Phi) is 3.99. The number of pyridine rings is 1. The van der Waals surface area contributed by atoms with Crippen LogP contribution < -0.4 is 5.32 Å². The molecule has 1 N–H and O–H groups in total. The molecule has 1 unspecified atom stereocenters. The molecule has 0 amide bonds. The number of hydrogen-bond donors (Lipinski definition) is 1. The van der Waals surface area contributed by atoms with E-state index in [4.69, 9.17) is 0 Å². The zero-order valence-corrected chi connectivity index (χ0v) is 13.1. The van der Waals surface area contributed by atoms with Crippen LogP contribution in [0.3, 0.4) is 0 Å². The molecule has 2 nitrogen and oxygen atoms in total. The second-order valence-corrected chi connectivity index (χ2v) is 5.67. The first-order chi connectivity index (χ1) is 10.2. The fraction of sp³-hybridized carbons (Fsp3) is 0.118. The number of halogens is 2. The summed E-state index contributed by atoms with van der Waals surface area (Å²) in [6.07, 6.45) is 1.79. The molecule has 0 radical (unpaired) electrons. The van der Waals surface area contributed by atoms with Crippen LogP contribution in [0.5, 0.6) is 0 Å². The van der Waals surface area contributed by atoms with Gasteiger partial charge in [-0.1, -0.05) is 24.3 Å². The van der Waals surface area contributed by atoms with Crippen LogP contribution in [-0.2, 0) is 0 Å². The highest BCUT2D eigenvalue weighted by molar-refractivity contribution is 9.10. The Hall–Kier alpha value is -1.78. The number of hydrogen-bond acceptors (Lipinski definition) is 2. The minimum absolute atomic E-state index is 0.0187. The Labute approximate surface area is 131 Å². The Morgan fingerprint density at radius 2 is 2.00 bits per heavy atom. The molecule has 0 saturated heterocycles. The van der Waals surface area contributed by atoms with Crippen LogP contribution in [0, 0.1) is 5.82 Å². The van der Waals surface area contributed by atoms with Gasteiger partial charge in [0.15, 0.2) is 0 Å². The van der Waals surface area contributed by atoms with Crippen molar-refractivity contribution in [1.29, 1.82) is 0 Å². The van der Waals surface area contributed by atoms with E-state index in [1.165, 1.54) is 6.07 Å². The van der Waals surface area contributed by atoms with E-state index < -0.39 is 0 Å². The lowest BCUT2D eigenvalue weighted by Gasteiger charge is -2.19. The SMILES string of the molecule is CNC(c1ccc(F)c(Br)c1)c1cccc2ncccc12. The quantitative estimate of drug-likeness (QED) is 0.759. The molecule has 0 saturated carbocycles. The van der Waals surface area contributed by atoms with E-state index in [9.17, 15) is 4.39 Å². The summed E-state index contributed by atoms with van der Waals surface area (Å²) in [5.74, 6) is -0.256. The number of fused-ring (bicyclic) bond motifs is 1. The average Bonchev–Trinajstić information content (AvgIpc) is 2.52. The lowest BCUT2D eigenvalue weighted by Crippen LogP contribution is -2.18. The highest BCUT2D eigenvalue weighted by Gasteiger charge is 2.16. The third kappa shape index (κ3) is 2.69. The van der Waals surface area contributed by atoms with Gasteiger partial charge in [0.1, 0.15) is 5.82 Å². The fourth-order valence-electron chi connectivity index (χ4n) is 2.57. The van der Waals surface area contributed by atoms with Crippen molar-refractivity contribution >= 4 is 26.8 Å². The van der Waals surface area contributed by atoms with Gasteiger partial charge in [-0.05, 0) is 58.4 Å². The van der Waals surface area contributed by atoms with Gasteiger partial charge in [0, 0.05) is 11.6 Å². The van der Waals surface area contributed by atoms with Crippen molar-refractivity contribution in [3.05, 3.63) is 76.1 Å². The molecule has 3 aromatic rings. The molecule has 4 heteroatoms. The van der Waals surface area contributed by atoms with Crippen LogP contribution in [-0.4, -0.2) is 12.0 Å². The zero-order chi connectivity index (χ0) is 14.8. The molecule has 0 fully saturated rings. The molecule has 0 spiro atoms. The van der Waals surface area contributed by atoms with E-state index in [-0.39, 0.29) is 11.9 Å². The van der Waals surface area contributed by atoms with E-state index in [1.807, 2.05) is 31.3 Å². The molecule has 1 heterocycles. The summed E-state index contributed by atoms with van der Waals surface area (Å²) in [6, 6.07) is 15.1. The van der Waals surface area contributed by atoms with Gasteiger partial charge in [-0.3, -0.25) is 4.98 Å². The van der Waals surface area contributed by atoms with Crippen molar-refractivity contribution in [2.45, 2.75) is 6.04 Å². The highest BCUT2D eigenvalue weighted by atomic mass is 79.9. The van der Waals surface area contributed by atoms with Gasteiger partial charge in [-0.15, -0.1) is 0 Å². The monoisotopic (exact) mass is 344 g/mol. The summed E-state index contributed by atoms with van der Waals surface area (Å²) in [6.45, 7) is 0. The largest absolute Gasteiger partial charge is 0.309 e. The molecule has 2 aromatic carbocycles. The van der Waals surface area contributed by atoms with Gasteiger partial charge in [-0.25, -0.2) is 4.39 Å². The van der Waals surface area contributed by atoms with E-state index in [1.54, 1.807) is 12.3 Å². The Morgan fingerprint density at radius 1 is 1.14 bits per heavy atom. The molecule has 106 valence electrons. The van der Waals surface area contributed by atoms with Crippen LogP contribution in [0.25, 0.3) is 10.9 Å². The van der Waals surface area contributed by atoms with E-state index in [2.05, 4.69) is 38.4 Å². The maximum Gasteiger partial charge on any atom is 0.137 e. The third-order valence-electron chi connectivity index (χ3n) is 3.56. The molecule has 21 heavy (non-hydrogen) atoms. The molecular formula is C17H14BrFN2. The highest BCUT2D eigenvalue weighted by Crippen LogP contribution is 2.30. The van der Waals surface area contributed by atoms with E-state index >= 15 is 0 Å². The summed E-state index contributed by atoms with van der Waals surface area (Å²) in [5.41, 5.74) is 3.08. The summed E-state index contributed by atoms with van der Waals surface area (Å²) < 4.78 is 13.9. The van der Waals surface area contributed by atoms with Crippen molar-refractivity contribution in [3.63, 3.8) is 0 Å².